The van der Waals surface area contributed by atoms with Gasteiger partial charge in [0.25, 0.3) is 5.91 Å². The van der Waals surface area contributed by atoms with Crippen LogP contribution in [0.25, 0.3) is 0 Å². The topological polar surface area (TPSA) is 67.4 Å². The van der Waals surface area contributed by atoms with E-state index in [9.17, 15) is 9.59 Å². The number of hydrogen-bond donors (Lipinski definition) is 2. The molecule has 26 heavy (non-hydrogen) atoms. The summed E-state index contributed by atoms with van der Waals surface area (Å²) in [6, 6.07) is 11.4. The Labute approximate surface area is 166 Å². The molecule has 0 fully saturated rings. The second-order valence-electron chi connectivity index (χ2n) is 6.88. The van der Waals surface area contributed by atoms with Crippen molar-refractivity contribution in [2.75, 3.05) is 6.54 Å². The van der Waals surface area contributed by atoms with Crippen LogP contribution in [0.4, 0.5) is 4.79 Å². The summed E-state index contributed by atoms with van der Waals surface area (Å²) in [5.41, 5.74) is 1.11. The molecule has 2 N–H and O–H groups in total. The van der Waals surface area contributed by atoms with E-state index in [1.807, 2.05) is 51.1 Å². The van der Waals surface area contributed by atoms with E-state index >= 15 is 0 Å². The number of nitrogens with one attached hydrogen (secondary N) is 2. The highest BCUT2D eigenvalue weighted by Crippen LogP contribution is 2.20. The summed E-state index contributed by atoms with van der Waals surface area (Å²) in [6.45, 7) is 5.71. The van der Waals surface area contributed by atoms with Gasteiger partial charge in [-0.3, -0.25) is 4.79 Å². The average molecular weight is 439 g/mol. The van der Waals surface area contributed by atoms with Crippen LogP contribution in [0.2, 0.25) is 0 Å². The van der Waals surface area contributed by atoms with Crippen LogP contribution < -0.4 is 10.6 Å². The molecular weight excluding hydrogens is 416 g/mol. The minimum absolute atomic E-state index is 0.168. The Kier molecular flexibility index (Phi) is 7.23. The highest BCUT2D eigenvalue weighted by atomic mass is 79.9. The molecular formula is C19H23BrN2O3S. The zero-order valence-corrected chi connectivity index (χ0v) is 17.4. The van der Waals surface area contributed by atoms with Crippen LogP contribution >= 0.6 is 27.3 Å². The van der Waals surface area contributed by atoms with E-state index in [4.69, 9.17) is 4.74 Å². The second-order valence-corrected chi connectivity index (χ2v) is 9.17. The van der Waals surface area contributed by atoms with Gasteiger partial charge in [0, 0.05) is 11.9 Å². The Hall–Kier alpha value is -1.86. The predicted molar refractivity (Wildman–Crippen MR) is 108 cm³/mol. The summed E-state index contributed by atoms with van der Waals surface area (Å²) in [4.78, 5) is 24.4. The first kappa shape index (κ1) is 20.5. The van der Waals surface area contributed by atoms with Crippen molar-refractivity contribution < 1.29 is 14.3 Å². The van der Waals surface area contributed by atoms with Gasteiger partial charge in [0.1, 0.15) is 5.60 Å². The average Bonchev–Trinajstić information content (AvgIpc) is 2.98. The van der Waals surface area contributed by atoms with Crippen LogP contribution in [0.5, 0.6) is 0 Å². The minimum atomic E-state index is -0.564. The third-order valence-electron chi connectivity index (χ3n) is 3.38. The fourth-order valence-corrected chi connectivity index (χ4v) is 3.43. The van der Waals surface area contributed by atoms with Crippen LogP contribution in [-0.4, -0.2) is 30.2 Å². The Bertz CT molecular complexity index is 741. The molecule has 0 bridgehead atoms. The molecule has 2 rings (SSSR count). The third-order valence-corrected chi connectivity index (χ3v) is 4.89. The normalized spacial score (nSPS) is 12.3. The Morgan fingerprint density at radius 1 is 1.23 bits per heavy atom. The maximum absolute atomic E-state index is 12.5. The van der Waals surface area contributed by atoms with E-state index < -0.39 is 11.7 Å². The van der Waals surface area contributed by atoms with Gasteiger partial charge in [0.05, 0.1) is 15.4 Å². The van der Waals surface area contributed by atoms with Crippen molar-refractivity contribution in [1.29, 1.82) is 0 Å². The van der Waals surface area contributed by atoms with Gasteiger partial charge in [-0.25, -0.2) is 4.79 Å². The summed E-state index contributed by atoms with van der Waals surface area (Å²) in [6.07, 6.45) is 0.108. The van der Waals surface area contributed by atoms with E-state index in [2.05, 4.69) is 26.6 Å². The van der Waals surface area contributed by atoms with Gasteiger partial charge in [0.2, 0.25) is 0 Å². The van der Waals surface area contributed by atoms with Crippen molar-refractivity contribution in [2.45, 2.75) is 38.8 Å². The van der Waals surface area contributed by atoms with E-state index in [1.54, 1.807) is 11.4 Å². The molecule has 2 aromatic rings. The molecule has 0 aliphatic carbocycles. The predicted octanol–water partition coefficient (Wildman–Crippen LogP) is 4.38. The molecule has 1 aromatic heterocycles. The van der Waals surface area contributed by atoms with E-state index in [0.29, 0.717) is 12.0 Å². The number of carbonyl (C=O) groups excluding carboxylic acids is 2. The first-order valence-corrected chi connectivity index (χ1v) is 9.96. The molecule has 7 heteroatoms. The second kappa shape index (κ2) is 9.19. The highest BCUT2D eigenvalue weighted by Gasteiger charge is 2.19. The maximum atomic E-state index is 12.5. The summed E-state index contributed by atoms with van der Waals surface area (Å²) in [7, 11) is 0. The van der Waals surface area contributed by atoms with Crippen LogP contribution in [0.3, 0.4) is 0 Å². The van der Waals surface area contributed by atoms with Crippen molar-refractivity contribution in [3.8, 4) is 0 Å². The van der Waals surface area contributed by atoms with Crippen LogP contribution in [-0.2, 0) is 11.2 Å². The number of rotatable bonds is 6. The number of benzene rings is 1. The molecule has 1 aromatic carbocycles. The van der Waals surface area contributed by atoms with Crippen molar-refractivity contribution >= 4 is 39.3 Å². The number of amides is 2. The Morgan fingerprint density at radius 3 is 2.50 bits per heavy atom. The number of ether oxygens (including phenoxy) is 1. The maximum Gasteiger partial charge on any atom is 0.407 e. The molecule has 0 saturated carbocycles. The molecule has 0 saturated heterocycles. The summed E-state index contributed by atoms with van der Waals surface area (Å²) in [5.74, 6) is -0.168. The SMILES string of the molecule is CC(C)(C)OC(=O)NCC(Cc1ccccc1)NC(=O)c1csc(Br)c1. The lowest BCUT2D eigenvalue weighted by atomic mass is 10.1. The summed E-state index contributed by atoms with van der Waals surface area (Å²) >= 11 is 4.82. The highest BCUT2D eigenvalue weighted by molar-refractivity contribution is 9.11. The van der Waals surface area contributed by atoms with Gasteiger partial charge in [-0.15, -0.1) is 11.3 Å². The van der Waals surface area contributed by atoms with Gasteiger partial charge < -0.3 is 15.4 Å². The van der Waals surface area contributed by atoms with Gasteiger partial charge in [0.15, 0.2) is 0 Å². The fourth-order valence-electron chi connectivity index (χ4n) is 2.29. The lowest BCUT2D eigenvalue weighted by molar-refractivity contribution is 0.0520. The third kappa shape index (κ3) is 7.17. The van der Waals surface area contributed by atoms with E-state index in [1.165, 1.54) is 11.3 Å². The molecule has 0 spiro atoms. The zero-order chi connectivity index (χ0) is 19.2. The molecule has 140 valence electrons. The van der Waals surface area contributed by atoms with E-state index in [0.717, 1.165) is 9.35 Å². The smallest absolute Gasteiger partial charge is 0.407 e. The largest absolute Gasteiger partial charge is 0.444 e. The van der Waals surface area contributed by atoms with E-state index in [-0.39, 0.29) is 18.5 Å². The number of hydrogen-bond acceptors (Lipinski definition) is 4. The van der Waals surface area contributed by atoms with Crippen molar-refractivity contribution in [3.05, 3.63) is 56.7 Å². The minimum Gasteiger partial charge on any atom is -0.444 e. The van der Waals surface area contributed by atoms with Gasteiger partial charge >= 0.3 is 6.09 Å². The zero-order valence-electron chi connectivity index (χ0n) is 15.0. The number of thiophene rings is 1. The van der Waals surface area contributed by atoms with Crippen LogP contribution in [0.1, 0.15) is 36.7 Å². The number of alkyl carbamates (subject to hydrolysis) is 1. The Morgan fingerprint density at radius 2 is 1.92 bits per heavy atom. The summed E-state index contributed by atoms with van der Waals surface area (Å²) < 4.78 is 6.16. The quantitative estimate of drug-likeness (QED) is 0.702. The summed E-state index contributed by atoms with van der Waals surface area (Å²) in [5, 5.41) is 7.52. The molecule has 0 aliphatic heterocycles. The van der Waals surface area contributed by atoms with Crippen molar-refractivity contribution in [2.24, 2.45) is 0 Å². The first-order chi connectivity index (χ1) is 12.2. The van der Waals surface area contributed by atoms with Crippen LogP contribution in [0, 0.1) is 0 Å². The standard InChI is InChI=1S/C19H23BrN2O3S/c1-19(2,3)25-18(24)21-11-15(9-13-7-5-4-6-8-13)22-17(23)14-10-16(20)26-12-14/h4-8,10,12,15H,9,11H2,1-3H3,(H,21,24)(H,22,23). The molecule has 0 aliphatic rings. The van der Waals surface area contributed by atoms with Crippen molar-refractivity contribution in [3.63, 3.8) is 0 Å². The van der Waals surface area contributed by atoms with Crippen molar-refractivity contribution in [1.82, 2.24) is 10.6 Å². The Balaban J connectivity index is 2.01. The molecule has 0 radical (unpaired) electrons. The van der Waals surface area contributed by atoms with Crippen LogP contribution in [0.15, 0.2) is 45.6 Å². The lowest BCUT2D eigenvalue weighted by Crippen LogP contribution is -2.46. The monoisotopic (exact) mass is 438 g/mol. The first-order valence-electron chi connectivity index (χ1n) is 8.28. The molecule has 1 unspecified atom stereocenters. The van der Waals surface area contributed by atoms with Gasteiger partial charge in [-0.1, -0.05) is 30.3 Å². The number of halogens is 1. The van der Waals surface area contributed by atoms with Gasteiger partial charge in [-0.05, 0) is 54.8 Å². The molecule has 2 amide bonds. The molecule has 1 atom stereocenters. The molecule has 5 nitrogen and oxygen atoms in total. The lowest BCUT2D eigenvalue weighted by Gasteiger charge is -2.23. The number of carbonyl (C=O) groups is 2. The molecule has 1 heterocycles. The fraction of sp³-hybridized carbons (Fsp3) is 0.368. The van der Waals surface area contributed by atoms with Gasteiger partial charge in [-0.2, -0.15) is 0 Å².